The van der Waals surface area contributed by atoms with Crippen LogP contribution in [0.4, 0.5) is 0 Å². The monoisotopic (exact) mass is 221 g/mol. The van der Waals surface area contributed by atoms with Crippen LogP contribution < -0.4 is 0 Å². The Balaban J connectivity index is 3.15. The number of ether oxygens (including phenoxy) is 1. The first-order chi connectivity index (χ1) is 7.63. The van der Waals surface area contributed by atoms with E-state index >= 15 is 0 Å². The molecule has 0 N–H and O–H groups in total. The van der Waals surface area contributed by atoms with Crippen molar-refractivity contribution in [1.82, 2.24) is 4.98 Å². The molecule has 0 unspecified atom stereocenters. The smallest absolute Gasteiger partial charge is 0.339 e. The minimum Gasteiger partial charge on any atom is -0.462 e. The Labute approximate surface area is 96.8 Å². The summed E-state index contributed by atoms with van der Waals surface area (Å²) in [5.41, 5.74) is 3.56. The highest BCUT2D eigenvalue weighted by atomic mass is 16.5. The normalized spacial score (nSPS) is 10.2. The quantitative estimate of drug-likeness (QED) is 0.734. The van der Waals surface area contributed by atoms with Crippen LogP contribution in [0.1, 0.15) is 48.1 Å². The molecule has 3 nitrogen and oxygen atoms in total. The molecular formula is C13H19NO2. The second-order valence-electron chi connectivity index (χ2n) is 3.65. The Hall–Kier alpha value is -1.38. The average molecular weight is 221 g/mol. The number of esters is 1. The molecule has 1 rings (SSSR count). The highest BCUT2D eigenvalue weighted by molar-refractivity contribution is 5.90. The second kappa shape index (κ2) is 5.64. The van der Waals surface area contributed by atoms with Crippen LogP contribution in [0.25, 0.3) is 0 Å². The van der Waals surface area contributed by atoms with Gasteiger partial charge in [-0.1, -0.05) is 13.8 Å². The molecule has 0 aliphatic carbocycles. The number of hydrogen-bond acceptors (Lipinski definition) is 3. The summed E-state index contributed by atoms with van der Waals surface area (Å²) in [5.74, 6) is -0.273. The third-order valence-corrected chi connectivity index (χ3v) is 2.59. The van der Waals surface area contributed by atoms with Gasteiger partial charge in [0.25, 0.3) is 0 Å². The highest BCUT2D eigenvalue weighted by Crippen LogP contribution is 2.15. The molecular weight excluding hydrogens is 202 g/mol. The maximum atomic E-state index is 11.7. The number of carbonyl (C=O) groups is 1. The van der Waals surface area contributed by atoms with E-state index in [9.17, 15) is 4.79 Å². The van der Waals surface area contributed by atoms with Crippen LogP contribution in [-0.4, -0.2) is 17.6 Å². The van der Waals surface area contributed by atoms with E-state index in [1.54, 1.807) is 0 Å². The molecule has 0 spiro atoms. The van der Waals surface area contributed by atoms with E-state index in [2.05, 4.69) is 18.8 Å². The third kappa shape index (κ3) is 2.60. The fraction of sp³-hybridized carbons (Fsp3) is 0.538. The summed E-state index contributed by atoms with van der Waals surface area (Å²) in [6.45, 7) is 8.20. The van der Waals surface area contributed by atoms with E-state index in [1.807, 2.05) is 19.9 Å². The van der Waals surface area contributed by atoms with E-state index in [4.69, 9.17) is 4.74 Å². The molecule has 0 atom stereocenters. The third-order valence-electron chi connectivity index (χ3n) is 2.59. The van der Waals surface area contributed by atoms with Gasteiger partial charge in [0.05, 0.1) is 17.9 Å². The predicted octanol–water partition coefficient (Wildman–Crippen LogP) is 2.69. The lowest BCUT2D eigenvalue weighted by atomic mass is 10.0. The van der Waals surface area contributed by atoms with Crippen molar-refractivity contribution in [3.05, 3.63) is 28.6 Å². The SMILES string of the molecule is CCOC(=O)c1cc(CC)c(CC)nc1C. The molecule has 0 amide bonds. The van der Waals surface area contributed by atoms with Gasteiger partial charge in [-0.15, -0.1) is 0 Å². The molecule has 16 heavy (non-hydrogen) atoms. The van der Waals surface area contributed by atoms with E-state index in [-0.39, 0.29) is 5.97 Å². The molecule has 0 saturated carbocycles. The van der Waals surface area contributed by atoms with Gasteiger partial charge in [0.2, 0.25) is 0 Å². The van der Waals surface area contributed by atoms with Crippen molar-refractivity contribution in [1.29, 1.82) is 0 Å². The highest BCUT2D eigenvalue weighted by Gasteiger charge is 2.14. The summed E-state index contributed by atoms with van der Waals surface area (Å²) in [5, 5.41) is 0. The van der Waals surface area contributed by atoms with Crippen molar-refractivity contribution in [2.45, 2.75) is 40.5 Å². The Bertz CT molecular complexity index is 386. The number of hydrogen-bond donors (Lipinski definition) is 0. The Morgan fingerprint density at radius 1 is 1.31 bits per heavy atom. The number of pyridine rings is 1. The van der Waals surface area contributed by atoms with Crippen LogP contribution >= 0.6 is 0 Å². The second-order valence-corrected chi connectivity index (χ2v) is 3.65. The number of aryl methyl sites for hydroxylation is 3. The molecule has 3 heteroatoms. The summed E-state index contributed by atoms with van der Waals surface area (Å²) in [4.78, 5) is 16.1. The maximum Gasteiger partial charge on any atom is 0.339 e. The minimum atomic E-state index is -0.273. The van der Waals surface area contributed by atoms with E-state index in [1.165, 1.54) is 0 Å². The summed E-state index contributed by atoms with van der Waals surface area (Å²) in [7, 11) is 0. The molecule has 0 aromatic carbocycles. The first kappa shape index (κ1) is 12.7. The Morgan fingerprint density at radius 2 is 2.00 bits per heavy atom. The summed E-state index contributed by atoms with van der Waals surface area (Å²) < 4.78 is 5.00. The molecule has 0 radical (unpaired) electrons. The first-order valence-corrected chi connectivity index (χ1v) is 5.80. The Kier molecular flexibility index (Phi) is 4.47. The zero-order valence-electron chi connectivity index (χ0n) is 10.5. The Morgan fingerprint density at radius 3 is 2.50 bits per heavy atom. The molecule has 88 valence electrons. The molecule has 1 heterocycles. The van der Waals surface area contributed by atoms with Crippen molar-refractivity contribution in [2.75, 3.05) is 6.61 Å². The van der Waals surface area contributed by atoms with Gasteiger partial charge in [-0.3, -0.25) is 4.98 Å². The van der Waals surface area contributed by atoms with Crippen molar-refractivity contribution in [3.8, 4) is 0 Å². The molecule has 0 bridgehead atoms. The van der Waals surface area contributed by atoms with Gasteiger partial charge in [-0.25, -0.2) is 4.79 Å². The molecule has 0 aliphatic rings. The van der Waals surface area contributed by atoms with Gasteiger partial charge in [0, 0.05) is 5.69 Å². The number of rotatable bonds is 4. The van der Waals surface area contributed by atoms with E-state index in [0.717, 1.165) is 29.8 Å². The zero-order valence-corrected chi connectivity index (χ0v) is 10.5. The summed E-state index contributed by atoms with van der Waals surface area (Å²) >= 11 is 0. The van der Waals surface area contributed by atoms with E-state index < -0.39 is 0 Å². The molecule has 0 saturated heterocycles. The van der Waals surface area contributed by atoms with Crippen LogP contribution in [0.5, 0.6) is 0 Å². The van der Waals surface area contributed by atoms with Crippen LogP contribution in [-0.2, 0) is 17.6 Å². The number of carbonyl (C=O) groups excluding carboxylic acids is 1. The zero-order chi connectivity index (χ0) is 12.1. The minimum absolute atomic E-state index is 0.273. The predicted molar refractivity (Wildman–Crippen MR) is 63.7 cm³/mol. The van der Waals surface area contributed by atoms with Crippen molar-refractivity contribution < 1.29 is 9.53 Å². The summed E-state index contributed by atoms with van der Waals surface area (Å²) in [6.07, 6.45) is 1.79. The van der Waals surface area contributed by atoms with Crippen molar-refractivity contribution in [3.63, 3.8) is 0 Å². The maximum absolute atomic E-state index is 11.7. The number of aromatic nitrogens is 1. The van der Waals surface area contributed by atoms with Crippen LogP contribution in [0, 0.1) is 6.92 Å². The van der Waals surface area contributed by atoms with Crippen molar-refractivity contribution >= 4 is 5.97 Å². The summed E-state index contributed by atoms with van der Waals surface area (Å²) in [6, 6.07) is 1.92. The molecule has 0 fully saturated rings. The van der Waals surface area contributed by atoms with Crippen LogP contribution in [0.3, 0.4) is 0 Å². The number of nitrogens with zero attached hydrogens (tertiary/aromatic N) is 1. The molecule has 1 aromatic rings. The molecule has 1 aromatic heterocycles. The fourth-order valence-electron chi connectivity index (χ4n) is 1.72. The fourth-order valence-corrected chi connectivity index (χ4v) is 1.72. The van der Waals surface area contributed by atoms with Gasteiger partial charge >= 0.3 is 5.97 Å². The lowest BCUT2D eigenvalue weighted by Crippen LogP contribution is -2.10. The van der Waals surface area contributed by atoms with Gasteiger partial charge in [-0.2, -0.15) is 0 Å². The average Bonchev–Trinajstić information content (AvgIpc) is 2.28. The molecule has 0 aliphatic heterocycles. The largest absolute Gasteiger partial charge is 0.462 e. The van der Waals surface area contributed by atoms with Gasteiger partial charge in [0.15, 0.2) is 0 Å². The van der Waals surface area contributed by atoms with Gasteiger partial charge < -0.3 is 4.74 Å². The van der Waals surface area contributed by atoms with Crippen LogP contribution in [0.2, 0.25) is 0 Å². The van der Waals surface area contributed by atoms with Gasteiger partial charge in [0.1, 0.15) is 0 Å². The van der Waals surface area contributed by atoms with E-state index in [0.29, 0.717) is 12.2 Å². The van der Waals surface area contributed by atoms with Gasteiger partial charge in [-0.05, 0) is 38.3 Å². The topological polar surface area (TPSA) is 39.2 Å². The van der Waals surface area contributed by atoms with Crippen molar-refractivity contribution in [2.24, 2.45) is 0 Å². The first-order valence-electron chi connectivity index (χ1n) is 5.80. The lowest BCUT2D eigenvalue weighted by molar-refractivity contribution is 0.0525. The standard InChI is InChI=1S/C13H19NO2/c1-5-10-8-11(13(15)16-7-3)9(4)14-12(10)6-2/h8H,5-7H2,1-4H3. The van der Waals surface area contributed by atoms with Crippen LogP contribution in [0.15, 0.2) is 6.07 Å². The lowest BCUT2D eigenvalue weighted by Gasteiger charge is -2.10.